The minimum Gasteiger partial charge on any atom is -0.400 e. The van der Waals surface area contributed by atoms with Crippen LogP contribution < -0.4 is 0 Å². The number of allylic oxidation sites excluding steroid dienone is 4. The molecule has 0 saturated carbocycles. The van der Waals surface area contributed by atoms with Crippen LogP contribution in [-0.4, -0.2) is 31.4 Å². The van der Waals surface area contributed by atoms with Crippen LogP contribution in [0.25, 0.3) is 6.08 Å². The van der Waals surface area contributed by atoms with Gasteiger partial charge in [0.1, 0.15) is 0 Å². The predicted molar refractivity (Wildman–Crippen MR) is 110 cm³/mol. The minimum atomic E-state index is -1.46. The van der Waals surface area contributed by atoms with Crippen LogP contribution >= 0.6 is 0 Å². The molecule has 1 fully saturated rings. The molecule has 1 aromatic rings. The number of rotatable bonds is 5. The molecule has 0 N–H and O–H groups in total. The fourth-order valence-electron chi connectivity index (χ4n) is 2.42. The Balaban J connectivity index is 2.09. The molecule has 3 nitrogen and oxygen atoms in total. The Hall–Kier alpha value is -1.43. The molecule has 1 aromatic heterocycles. The molecule has 1 saturated heterocycles. The lowest BCUT2D eigenvalue weighted by atomic mass is 9.90. The quantitative estimate of drug-likeness (QED) is 0.545. The highest BCUT2D eigenvalue weighted by Gasteiger charge is 2.49. The second-order valence-electron chi connectivity index (χ2n) is 8.47. The average molecular weight is 355 g/mol. The van der Waals surface area contributed by atoms with Gasteiger partial charge in [-0.2, -0.15) is 0 Å². The van der Waals surface area contributed by atoms with E-state index in [0.717, 1.165) is 5.69 Å². The standard InChI is InChI=1S/C20H30BNO2Si/c1-19(2)20(3,4)24-21(23-19)14-10-8-13-18(25(5,6)7)16-17-12-9-11-15-22-17/h8-16H,1-7H3/b13-8+,14-10+,18-16+. The van der Waals surface area contributed by atoms with Crippen molar-refractivity contribution in [1.29, 1.82) is 0 Å². The van der Waals surface area contributed by atoms with Crippen LogP contribution in [0.3, 0.4) is 0 Å². The summed E-state index contributed by atoms with van der Waals surface area (Å²) in [6.07, 6.45) is 10.3. The molecule has 0 aliphatic carbocycles. The van der Waals surface area contributed by atoms with Gasteiger partial charge in [-0.3, -0.25) is 4.98 Å². The highest BCUT2D eigenvalue weighted by atomic mass is 28.3. The summed E-state index contributed by atoms with van der Waals surface area (Å²) >= 11 is 0. The highest BCUT2D eigenvalue weighted by molar-refractivity contribution is 6.84. The molecule has 0 radical (unpaired) electrons. The fourth-order valence-corrected chi connectivity index (χ4v) is 3.59. The van der Waals surface area contributed by atoms with Crippen LogP contribution in [0, 0.1) is 0 Å². The maximum Gasteiger partial charge on any atom is 0.487 e. The van der Waals surface area contributed by atoms with E-state index >= 15 is 0 Å². The summed E-state index contributed by atoms with van der Waals surface area (Å²) in [5, 5.41) is 1.35. The molecule has 0 bridgehead atoms. The van der Waals surface area contributed by atoms with E-state index in [1.165, 1.54) is 5.20 Å². The van der Waals surface area contributed by atoms with Crippen molar-refractivity contribution in [2.75, 3.05) is 0 Å². The molecule has 1 aliphatic heterocycles. The lowest BCUT2D eigenvalue weighted by Crippen LogP contribution is -2.41. The maximum atomic E-state index is 5.98. The zero-order chi connectivity index (χ0) is 18.7. The van der Waals surface area contributed by atoms with Gasteiger partial charge in [0.05, 0.1) is 25.0 Å². The van der Waals surface area contributed by atoms with Crippen molar-refractivity contribution in [1.82, 2.24) is 4.98 Å². The van der Waals surface area contributed by atoms with Crippen molar-refractivity contribution >= 4 is 21.3 Å². The van der Waals surface area contributed by atoms with Gasteiger partial charge in [-0.25, -0.2) is 0 Å². The highest BCUT2D eigenvalue weighted by Crippen LogP contribution is 2.36. The molecule has 0 amide bonds. The van der Waals surface area contributed by atoms with E-state index in [1.807, 2.05) is 36.4 Å². The third-order valence-electron chi connectivity index (χ3n) is 4.78. The van der Waals surface area contributed by atoms with Gasteiger partial charge in [0.2, 0.25) is 0 Å². The van der Waals surface area contributed by atoms with Gasteiger partial charge in [-0.05, 0) is 45.9 Å². The normalized spacial score (nSPS) is 20.8. The number of hydrogen-bond donors (Lipinski definition) is 0. The largest absolute Gasteiger partial charge is 0.487 e. The van der Waals surface area contributed by atoms with Gasteiger partial charge in [-0.15, -0.1) is 0 Å². The minimum absolute atomic E-state index is 0.298. The molecule has 0 spiro atoms. The van der Waals surface area contributed by atoms with Crippen molar-refractivity contribution in [3.63, 3.8) is 0 Å². The first kappa shape index (κ1) is 19.9. The van der Waals surface area contributed by atoms with E-state index in [0.29, 0.717) is 0 Å². The molecule has 1 aliphatic rings. The number of aromatic nitrogens is 1. The first-order chi connectivity index (χ1) is 11.5. The van der Waals surface area contributed by atoms with Gasteiger partial charge in [-0.1, -0.05) is 55.1 Å². The second-order valence-corrected chi connectivity index (χ2v) is 13.6. The summed E-state index contributed by atoms with van der Waals surface area (Å²) in [4.78, 5) is 4.41. The molecule has 5 heteroatoms. The van der Waals surface area contributed by atoms with Crippen molar-refractivity contribution in [2.45, 2.75) is 58.5 Å². The summed E-state index contributed by atoms with van der Waals surface area (Å²) in [6, 6.07) is 5.99. The van der Waals surface area contributed by atoms with E-state index < -0.39 is 8.07 Å². The van der Waals surface area contributed by atoms with Crippen LogP contribution in [0.15, 0.2) is 53.8 Å². The summed E-state index contributed by atoms with van der Waals surface area (Å²) in [5.74, 6) is 1.97. The molecule has 0 unspecified atom stereocenters. The summed E-state index contributed by atoms with van der Waals surface area (Å²) in [6.45, 7) is 15.3. The topological polar surface area (TPSA) is 31.4 Å². The molecular weight excluding hydrogens is 325 g/mol. The van der Waals surface area contributed by atoms with Crippen LogP contribution in [0.4, 0.5) is 0 Å². The van der Waals surface area contributed by atoms with Gasteiger partial charge in [0, 0.05) is 6.20 Å². The molecule has 0 atom stereocenters. The molecular formula is C20H30BNO2Si. The van der Waals surface area contributed by atoms with E-state index in [4.69, 9.17) is 9.31 Å². The number of pyridine rings is 1. The molecule has 134 valence electrons. The number of hydrogen-bond acceptors (Lipinski definition) is 3. The number of nitrogens with zero attached hydrogens (tertiary/aromatic N) is 1. The van der Waals surface area contributed by atoms with Crippen LogP contribution in [0.2, 0.25) is 19.6 Å². The van der Waals surface area contributed by atoms with E-state index in [9.17, 15) is 0 Å². The Morgan fingerprint density at radius 1 is 1.04 bits per heavy atom. The third kappa shape index (κ3) is 5.27. The van der Waals surface area contributed by atoms with Crippen molar-refractivity contribution in [3.05, 3.63) is 59.5 Å². The summed E-state index contributed by atoms with van der Waals surface area (Å²) in [7, 11) is -1.76. The summed E-state index contributed by atoms with van der Waals surface area (Å²) in [5.41, 5.74) is 0.404. The molecule has 25 heavy (non-hydrogen) atoms. The summed E-state index contributed by atoms with van der Waals surface area (Å²) < 4.78 is 12.0. The monoisotopic (exact) mass is 355 g/mol. The first-order valence-electron chi connectivity index (χ1n) is 8.85. The van der Waals surface area contributed by atoms with Crippen LogP contribution in [0.1, 0.15) is 33.4 Å². The molecule has 0 aromatic carbocycles. The van der Waals surface area contributed by atoms with Gasteiger partial charge in [0.25, 0.3) is 0 Å². The zero-order valence-electron chi connectivity index (χ0n) is 16.5. The predicted octanol–water partition coefficient (Wildman–Crippen LogP) is 5.09. The van der Waals surface area contributed by atoms with E-state index in [2.05, 4.69) is 70.5 Å². The Labute approximate surface area is 154 Å². The van der Waals surface area contributed by atoms with Gasteiger partial charge >= 0.3 is 7.12 Å². The van der Waals surface area contributed by atoms with Crippen molar-refractivity contribution in [3.8, 4) is 0 Å². The van der Waals surface area contributed by atoms with Gasteiger partial charge in [0.15, 0.2) is 0 Å². The lowest BCUT2D eigenvalue weighted by Gasteiger charge is -2.32. The smallest absolute Gasteiger partial charge is 0.400 e. The zero-order valence-corrected chi connectivity index (χ0v) is 17.5. The SMILES string of the molecule is CC1(C)OB(/C=C/C=C/C(=C\c2ccccn2)[Si](C)(C)C)OC1(C)C. The second kappa shape index (κ2) is 7.44. The van der Waals surface area contributed by atoms with Crippen LogP contribution in [0.5, 0.6) is 0 Å². The lowest BCUT2D eigenvalue weighted by molar-refractivity contribution is 0.00578. The van der Waals surface area contributed by atoms with E-state index in [-0.39, 0.29) is 18.3 Å². The first-order valence-corrected chi connectivity index (χ1v) is 12.3. The Morgan fingerprint density at radius 3 is 2.20 bits per heavy atom. The Bertz CT molecular complexity index is 657. The Kier molecular flexibility index (Phi) is 5.92. The van der Waals surface area contributed by atoms with E-state index in [1.54, 1.807) is 0 Å². The van der Waals surface area contributed by atoms with Crippen molar-refractivity contribution < 1.29 is 9.31 Å². The Morgan fingerprint density at radius 2 is 1.68 bits per heavy atom. The van der Waals surface area contributed by atoms with Crippen molar-refractivity contribution in [2.24, 2.45) is 0 Å². The average Bonchev–Trinajstić information content (AvgIpc) is 2.70. The molecule has 2 rings (SSSR count). The maximum absolute atomic E-state index is 5.98. The molecule has 2 heterocycles. The third-order valence-corrected chi connectivity index (χ3v) is 6.83. The van der Waals surface area contributed by atoms with Gasteiger partial charge < -0.3 is 9.31 Å². The fraction of sp³-hybridized carbons (Fsp3) is 0.450. The van der Waals surface area contributed by atoms with Crippen LogP contribution in [-0.2, 0) is 9.31 Å².